The summed E-state index contributed by atoms with van der Waals surface area (Å²) in [6.45, 7) is 5.10. The molecule has 2 aliphatic heterocycles. The standard InChI is InChI=1S/C30H40F4N4O2/c1-28(2,30(32,33)34)26-20-8-4-9-24(37-25-10-13-38(3)17-23(25)31)21(20)15-19(36-26)7-5-12-35-27(39)22-16-29(22)11-6-14-40-18-29/h4-5,7-9,15,22-23,25,27,35,37,39H,6,10-14,16-18H2,1-3H3/b7-5+/t22?,23-,25+,27?,29?/m0/s1. The Bertz CT molecular complexity index is 1230. The lowest BCUT2D eigenvalue weighted by Crippen LogP contribution is -2.46. The molecule has 3 aliphatic rings. The summed E-state index contributed by atoms with van der Waals surface area (Å²) in [5, 5.41) is 18.0. The molecule has 0 bridgehead atoms. The van der Waals surface area contributed by atoms with Gasteiger partial charge in [0.1, 0.15) is 17.8 Å². The van der Waals surface area contributed by atoms with E-state index in [1.54, 1.807) is 36.4 Å². The molecule has 220 valence electrons. The number of ether oxygens (including phenoxy) is 1. The van der Waals surface area contributed by atoms with Gasteiger partial charge < -0.3 is 20.1 Å². The molecule has 3 fully saturated rings. The number of halogens is 4. The Morgan fingerprint density at radius 2 is 2.08 bits per heavy atom. The van der Waals surface area contributed by atoms with Crippen LogP contribution in [0.25, 0.3) is 16.8 Å². The quantitative estimate of drug-likeness (QED) is 0.300. The van der Waals surface area contributed by atoms with Crippen LogP contribution in [0.1, 0.15) is 50.9 Å². The fourth-order valence-corrected chi connectivity index (χ4v) is 6.20. The molecule has 3 heterocycles. The highest BCUT2D eigenvalue weighted by Gasteiger charge is 2.57. The van der Waals surface area contributed by atoms with Crippen LogP contribution in [-0.4, -0.2) is 79.5 Å². The lowest BCUT2D eigenvalue weighted by atomic mass is 9.84. The van der Waals surface area contributed by atoms with E-state index < -0.39 is 30.0 Å². The topological polar surface area (TPSA) is 69.7 Å². The zero-order valence-electron chi connectivity index (χ0n) is 23.4. The fraction of sp³-hybridized carbons (Fsp3) is 0.633. The molecule has 2 saturated heterocycles. The van der Waals surface area contributed by atoms with Crippen molar-refractivity contribution in [3.63, 3.8) is 0 Å². The summed E-state index contributed by atoms with van der Waals surface area (Å²) in [5.41, 5.74) is -1.25. The average Bonchev–Trinajstić information content (AvgIpc) is 3.60. The van der Waals surface area contributed by atoms with Crippen molar-refractivity contribution in [2.24, 2.45) is 11.3 Å². The predicted octanol–water partition coefficient (Wildman–Crippen LogP) is 5.27. The molecule has 3 N–H and O–H groups in total. The first-order chi connectivity index (χ1) is 18.9. The van der Waals surface area contributed by atoms with Gasteiger partial charge in [0.15, 0.2) is 0 Å². The Hall–Kier alpha value is -2.27. The maximum atomic E-state index is 14.8. The number of piperidine rings is 1. The van der Waals surface area contributed by atoms with E-state index >= 15 is 0 Å². The number of alkyl halides is 4. The van der Waals surface area contributed by atoms with Crippen molar-refractivity contribution in [1.29, 1.82) is 0 Å². The van der Waals surface area contributed by atoms with Gasteiger partial charge in [0, 0.05) is 54.0 Å². The van der Waals surface area contributed by atoms with Gasteiger partial charge in [-0.05, 0) is 64.8 Å². The Morgan fingerprint density at radius 1 is 1.27 bits per heavy atom. The maximum Gasteiger partial charge on any atom is 0.399 e. The van der Waals surface area contributed by atoms with Crippen LogP contribution in [0.5, 0.6) is 0 Å². The van der Waals surface area contributed by atoms with E-state index in [9.17, 15) is 22.7 Å². The third-order valence-electron chi connectivity index (χ3n) is 9.00. The molecule has 10 heteroatoms. The van der Waals surface area contributed by atoms with Crippen molar-refractivity contribution in [2.75, 3.05) is 45.2 Å². The van der Waals surface area contributed by atoms with Crippen molar-refractivity contribution >= 4 is 22.5 Å². The van der Waals surface area contributed by atoms with Crippen LogP contribution in [0.15, 0.2) is 30.3 Å². The van der Waals surface area contributed by atoms with Crippen molar-refractivity contribution in [1.82, 2.24) is 15.2 Å². The molecule has 1 spiro atoms. The van der Waals surface area contributed by atoms with Gasteiger partial charge >= 0.3 is 6.18 Å². The Morgan fingerprint density at radius 3 is 2.77 bits per heavy atom. The van der Waals surface area contributed by atoms with E-state index in [4.69, 9.17) is 4.74 Å². The number of benzene rings is 1. The smallest absolute Gasteiger partial charge is 0.381 e. The van der Waals surface area contributed by atoms with Crippen molar-refractivity contribution in [3.8, 4) is 0 Å². The highest BCUT2D eigenvalue weighted by atomic mass is 19.4. The van der Waals surface area contributed by atoms with Crippen LogP contribution in [0, 0.1) is 11.3 Å². The first-order valence-corrected chi connectivity index (χ1v) is 14.2. The molecule has 6 nitrogen and oxygen atoms in total. The third-order valence-corrected chi connectivity index (χ3v) is 9.00. The fourth-order valence-electron chi connectivity index (χ4n) is 6.20. The van der Waals surface area contributed by atoms with E-state index in [2.05, 4.69) is 15.6 Å². The Labute approximate surface area is 233 Å². The summed E-state index contributed by atoms with van der Waals surface area (Å²) in [7, 11) is 1.87. The van der Waals surface area contributed by atoms with Crippen LogP contribution in [0.4, 0.5) is 23.2 Å². The van der Waals surface area contributed by atoms with Gasteiger partial charge in [0.2, 0.25) is 0 Å². The molecule has 5 atom stereocenters. The highest BCUT2D eigenvalue weighted by molar-refractivity contribution is 5.97. The predicted molar refractivity (Wildman–Crippen MR) is 149 cm³/mol. The largest absolute Gasteiger partial charge is 0.399 e. The van der Waals surface area contributed by atoms with Gasteiger partial charge in [-0.3, -0.25) is 10.3 Å². The Balaban J connectivity index is 1.39. The molecule has 0 amide bonds. The summed E-state index contributed by atoms with van der Waals surface area (Å²) in [6, 6.07) is 6.43. The van der Waals surface area contributed by atoms with E-state index in [0.717, 1.165) is 46.3 Å². The second kappa shape index (κ2) is 11.2. The second-order valence-corrected chi connectivity index (χ2v) is 12.3. The summed E-state index contributed by atoms with van der Waals surface area (Å²) in [5.74, 6) is 0.145. The molecule has 0 radical (unpaired) electrons. The number of hydrogen-bond donors (Lipinski definition) is 3. The second-order valence-electron chi connectivity index (χ2n) is 12.3. The number of pyridine rings is 1. The monoisotopic (exact) mass is 564 g/mol. The van der Waals surface area contributed by atoms with Crippen LogP contribution in [-0.2, 0) is 10.2 Å². The van der Waals surface area contributed by atoms with Gasteiger partial charge in [-0.2, -0.15) is 13.2 Å². The number of nitrogens with zero attached hydrogens (tertiary/aromatic N) is 2. The molecule has 1 saturated carbocycles. The number of likely N-dealkylation sites (tertiary alicyclic amines) is 1. The van der Waals surface area contributed by atoms with Crippen molar-refractivity contribution in [3.05, 3.63) is 41.7 Å². The normalized spacial score (nSPS) is 28.9. The molecule has 1 aromatic carbocycles. The maximum absolute atomic E-state index is 14.8. The molecule has 2 aromatic rings. The number of aromatic nitrogens is 1. The Kier molecular flexibility index (Phi) is 8.18. The molecule has 1 aromatic heterocycles. The summed E-state index contributed by atoms with van der Waals surface area (Å²) >= 11 is 0. The lowest BCUT2D eigenvalue weighted by Gasteiger charge is -2.34. The molecular weight excluding hydrogens is 524 g/mol. The summed E-state index contributed by atoms with van der Waals surface area (Å²) in [6.07, 6.45) is 0.736. The molecule has 40 heavy (non-hydrogen) atoms. The molecule has 5 rings (SSSR count). The highest BCUT2D eigenvalue weighted by Crippen LogP contribution is 2.58. The van der Waals surface area contributed by atoms with Crippen LogP contribution in [0.2, 0.25) is 0 Å². The third kappa shape index (κ3) is 5.86. The number of rotatable bonds is 8. The van der Waals surface area contributed by atoms with E-state index in [1.807, 2.05) is 11.9 Å². The first-order valence-electron chi connectivity index (χ1n) is 14.2. The van der Waals surface area contributed by atoms with Gasteiger partial charge in [-0.25, -0.2) is 4.39 Å². The molecule has 3 unspecified atom stereocenters. The summed E-state index contributed by atoms with van der Waals surface area (Å²) < 4.78 is 63.0. The van der Waals surface area contributed by atoms with Crippen molar-refractivity contribution < 1.29 is 27.4 Å². The SMILES string of the molecule is CN1CC[C@@H](Nc2cccc3c(C(C)(C)C(F)(F)F)nc(/C=C/CNC(O)C4CC45CCCOC5)cc23)[C@@H](F)C1. The van der Waals surface area contributed by atoms with Gasteiger partial charge in [-0.1, -0.05) is 18.2 Å². The number of nitrogens with one attached hydrogen (secondary N) is 2. The number of aliphatic hydroxyl groups is 1. The summed E-state index contributed by atoms with van der Waals surface area (Å²) in [4.78, 5) is 6.39. The molecule has 1 aliphatic carbocycles. The number of fused-ring (bicyclic) bond motifs is 1. The van der Waals surface area contributed by atoms with E-state index in [0.29, 0.717) is 48.3 Å². The van der Waals surface area contributed by atoms with Crippen LogP contribution < -0.4 is 10.6 Å². The van der Waals surface area contributed by atoms with Gasteiger partial charge in [0.25, 0.3) is 0 Å². The van der Waals surface area contributed by atoms with Crippen LogP contribution in [0.3, 0.4) is 0 Å². The van der Waals surface area contributed by atoms with Gasteiger partial charge in [0.05, 0.1) is 24.0 Å². The zero-order valence-corrected chi connectivity index (χ0v) is 23.4. The number of hydrogen-bond acceptors (Lipinski definition) is 6. The van der Waals surface area contributed by atoms with Gasteiger partial charge in [-0.15, -0.1) is 0 Å². The minimum absolute atomic E-state index is 0.0716. The minimum atomic E-state index is -4.52. The zero-order chi connectivity index (χ0) is 28.7. The van der Waals surface area contributed by atoms with Crippen molar-refractivity contribution in [2.45, 2.75) is 69.6 Å². The minimum Gasteiger partial charge on any atom is -0.381 e. The van der Waals surface area contributed by atoms with E-state index in [-0.39, 0.29) is 17.0 Å². The lowest BCUT2D eigenvalue weighted by molar-refractivity contribution is -0.180. The molecular formula is C30H40F4N4O2. The number of aliphatic hydroxyl groups excluding tert-OH is 1. The number of anilines is 1. The first kappa shape index (κ1) is 29.2. The van der Waals surface area contributed by atoms with Crippen LogP contribution >= 0.6 is 0 Å². The van der Waals surface area contributed by atoms with E-state index in [1.165, 1.54) is 0 Å². The average molecular weight is 565 g/mol.